The van der Waals surface area contributed by atoms with Gasteiger partial charge in [0.25, 0.3) is 5.91 Å². The zero-order valence-corrected chi connectivity index (χ0v) is 12.5. The molecule has 22 heavy (non-hydrogen) atoms. The summed E-state index contributed by atoms with van der Waals surface area (Å²) >= 11 is 0. The molecule has 0 aromatic carbocycles. The average Bonchev–Trinajstić information content (AvgIpc) is 3.09. The Labute approximate surface area is 128 Å². The van der Waals surface area contributed by atoms with Crippen molar-refractivity contribution < 1.29 is 9.32 Å². The Balaban J connectivity index is 1.61. The van der Waals surface area contributed by atoms with Gasteiger partial charge in [-0.15, -0.1) is 5.10 Å². The minimum Gasteiger partial charge on any atom is -0.372 e. The SMILES string of the molecule is CNc1ccc(C[C@H]2CCCN(C(=O)c3ccno3)C2)nn1. The highest BCUT2D eigenvalue weighted by Crippen LogP contribution is 2.21. The molecule has 3 heterocycles. The molecule has 7 nitrogen and oxygen atoms in total. The zero-order chi connectivity index (χ0) is 15.4. The smallest absolute Gasteiger partial charge is 0.292 e. The van der Waals surface area contributed by atoms with Crippen molar-refractivity contribution in [3.05, 3.63) is 35.9 Å². The van der Waals surface area contributed by atoms with Gasteiger partial charge < -0.3 is 14.7 Å². The molecule has 1 fully saturated rings. The van der Waals surface area contributed by atoms with E-state index in [-0.39, 0.29) is 5.91 Å². The van der Waals surface area contributed by atoms with Gasteiger partial charge in [-0.1, -0.05) is 5.16 Å². The fourth-order valence-electron chi connectivity index (χ4n) is 2.80. The number of aromatic nitrogens is 3. The second-order valence-corrected chi connectivity index (χ2v) is 5.50. The van der Waals surface area contributed by atoms with E-state index in [1.165, 1.54) is 6.20 Å². The predicted octanol–water partition coefficient (Wildman–Crippen LogP) is 1.60. The van der Waals surface area contributed by atoms with Gasteiger partial charge in [0.1, 0.15) is 5.82 Å². The van der Waals surface area contributed by atoms with Crippen molar-refractivity contribution in [2.75, 3.05) is 25.5 Å². The molecule has 1 atom stereocenters. The maximum absolute atomic E-state index is 12.3. The lowest BCUT2D eigenvalue weighted by atomic mass is 9.93. The number of hydrogen-bond donors (Lipinski definition) is 1. The number of anilines is 1. The molecule has 0 unspecified atom stereocenters. The van der Waals surface area contributed by atoms with Crippen molar-refractivity contribution in [1.29, 1.82) is 0 Å². The fourth-order valence-corrected chi connectivity index (χ4v) is 2.80. The maximum Gasteiger partial charge on any atom is 0.292 e. The molecule has 2 aromatic rings. The lowest BCUT2D eigenvalue weighted by Gasteiger charge is -2.31. The second kappa shape index (κ2) is 6.55. The summed E-state index contributed by atoms with van der Waals surface area (Å²) in [5.41, 5.74) is 0.956. The summed E-state index contributed by atoms with van der Waals surface area (Å²) in [4.78, 5) is 14.1. The summed E-state index contributed by atoms with van der Waals surface area (Å²) in [6.45, 7) is 1.48. The third kappa shape index (κ3) is 3.24. The fraction of sp³-hybridized carbons (Fsp3) is 0.467. The van der Waals surface area contributed by atoms with Crippen molar-refractivity contribution in [2.24, 2.45) is 5.92 Å². The van der Waals surface area contributed by atoms with Crippen molar-refractivity contribution in [2.45, 2.75) is 19.3 Å². The van der Waals surface area contributed by atoms with Crippen LogP contribution in [0.2, 0.25) is 0 Å². The quantitative estimate of drug-likeness (QED) is 0.923. The van der Waals surface area contributed by atoms with Crippen LogP contribution in [0.4, 0.5) is 5.82 Å². The Morgan fingerprint density at radius 3 is 3.00 bits per heavy atom. The molecule has 1 N–H and O–H groups in total. The molecule has 0 spiro atoms. The molecule has 7 heteroatoms. The molecule has 0 saturated carbocycles. The molecule has 3 rings (SSSR count). The van der Waals surface area contributed by atoms with Crippen LogP contribution in [0.25, 0.3) is 0 Å². The van der Waals surface area contributed by atoms with Crippen LogP contribution in [0.3, 0.4) is 0 Å². The monoisotopic (exact) mass is 301 g/mol. The van der Waals surface area contributed by atoms with E-state index < -0.39 is 0 Å². The predicted molar refractivity (Wildman–Crippen MR) is 80.4 cm³/mol. The first-order valence-corrected chi connectivity index (χ1v) is 7.46. The molecule has 1 amide bonds. The summed E-state index contributed by atoms with van der Waals surface area (Å²) < 4.78 is 4.96. The minimum atomic E-state index is -0.0844. The number of hydrogen-bond acceptors (Lipinski definition) is 6. The molecule has 0 bridgehead atoms. The first-order chi connectivity index (χ1) is 10.8. The number of carbonyl (C=O) groups is 1. The van der Waals surface area contributed by atoms with Crippen LogP contribution < -0.4 is 5.32 Å². The number of likely N-dealkylation sites (tertiary alicyclic amines) is 1. The van der Waals surface area contributed by atoms with Gasteiger partial charge in [-0.05, 0) is 37.3 Å². The highest BCUT2D eigenvalue weighted by atomic mass is 16.5. The van der Waals surface area contributed by atoms with E-state index in [0.717, 1.165) is 43.9 Å². The van der Waals surface area contributed by atoms with E-state index >= 15 is 0 Å². The van der Waals surface area contributed by atoms with Gasteiger partial charge in [0.05, 0.1) is 11.9 Å². The van der Waals surface area contributed by atoms with Crippen molar-refractivity contribution >= 4 is 11.7 Å². The molecule has 0 aliphatic carbocycles. The minimum absolute atomic E-state index is 0.0844. The molecule has 2 aromatic heterocycles. The zero-order valence-electron chi connectivity index (χ0n) is 12.5. The van der Waals surface area contributed by atoms with E-state index in [1.807, 2.05) is 24.1 Å². The molecule has 116 valence electrons. The van der Waals surface area contributed by atoms with E-state index in [9.17, 15) is 4.79 Å². The Morgan fingerprint density at radius 1 is 1.41 bits per heavy atom. The standard InChI is InChI=1S/C15H19N5O2/c1-16-14-5-4-12(18-19-14)9-11-3-2-8-20(10-11)15(21)13-6-7-17-22-13/h4-7,11H,2-3,8-10H2,1H3,(H,16,19)/t11-/m1/s1. The lowest BCUT2D eigenvalue weighted by molar-refractivity contribution is 0.0631. The molecule has 1 saturated heterocycles. The number of rotatable bonds is 4. The number of piperidine rings is 1. The molecule has 0 radical (unpaired) electrons. The largest absolute Gasteiger partial charge is 0.372 e. The van der Waals surface area contributed by atoms with Gasteiger partial charge in [-0.25, -0.2) is 0 Å². The summed E-state index contributed by atoms with van der Waals surface area (Å²) in [5.74, 6) is 1.38. The third-order valence-corrected chi connectivity index (χ3v) is 3.93. The van der Waals surface area contributed by atoms with Gasteiger partial charge in [-0.2, -0.15) is 5.10 Å². The van der Waals surface area contributed by atoms with E-state index in [0.29, 0.717) is 11.7 Å². The van der Waals surface area contributed by atoms with Crippen LogP contribution in [-0.4, -0.2) is 46.3 Å². The molecular formula is C15H19N5O2. The number of nitrogens with zero attached hydrogens (tertiary/aromatic N) is 4. The summed E-state index contributed by atoms with van der Waals surface area (Å²) in [6, 6.07) is 5.51. The van der Waals surface area contributed by atoms with Gasteiger partial charge in [0.15, 0.2) is 0 Å². The van der Waals surface area contributed by atoms with E-state index in [4.69, 9.17) is 4.52 Å². The van der Waals surface area contributed by atoms with Crippen molar-refractivity contribution in [1.82, 2.24) is 20.3 Å². The maximum atomic E-state index is 12.3. The number of amides is 1. The van der Waals surface area contributed by atoms with E-state index in [2.05, 4.69) is 20.7 Å². The Morgan fingerprint density at radius 2 is 2.32 bits per heavy atom. The van der Waals surface area contributed by atoms with Crippen LogP contribution in [-0.2, 0) is 6.42 Å². The second-order valence-electron chi connectivity index (χ2n) is 5.50. The summed E-state index contributed by atoms with van der Waals surface area (Å²) in [5, 5.41) is 14.9. The van der Waals surface area contributed by atoms with Crippen LogP contribution in [0.5, 0.6) is 0 Å². The summed E-state index contributed by atoms with van der Waals surface area (Å²) in [6.07, 6.45) is 4.41. The normalized spacial score (nSPS) is 18.2. The highest BCUT2D eigenvalue weighted by molar-refractivity contribution is 5.91. The van der Waals surface area contributed by atoms with Crippen LogP contribution in [0.1, 0.15) is 29.1 Å². The summed E-state index contributed by atoms with van der Waals surface area (Å²) in [7, 11) is 1.82. The van der Waals surface area contributed by atoms with Gasteiger partial charge in [0, 0.05) is 26.2 Å². The van der Waals surface area contributed by atoms with Gasteiger partial charge >= 0.3 is 0 Å². The van der Waals surface area contributed by atoms with Crippen molar-refractivity contribution in [3.8, 4) is 0 Å². The molecular weight excluding hydrogens is 282 g/mol. The third-order valence-electron chi connectivity index (χ3n) is 3.93. The number of nitrogens with one attached hydrogen (secondary N) is 1. The molecule has 1 aliphatic heterocycles. The Kier molecular flexibility index (Phi) is 4.32. The highest BCUT2D eigenvalue weighted by Gasteiger charge is 2.26. The van der Waals surface area contributed by atoms with Crippen LogP contribution >= 0.6 is 0 Å². The Hall–Kier alpha value is -2.44. The van der Waals surface area contributed by atoms with Gasteiger partial charge in [-0.3, -0.25) is 4.79 Å². The first kappa shape index (κ1) is 14.5. The lowest BCUT2D eigenvalue weighted by Crippen LogP contribution is -2.40. The Bertz CT molecular complexity index is 611. The van der Waals surface area contributed by atoms with E-state index in [1.54, 1.807) is 6.07 Å². The van der Waals surface area contributed by atoms with Gasteiger partial charge in [0.2, 0.25) is 5.76 Å². The van der Waals surface area contributed by atoms with Crippen LogP contribution in [0.15, 0.2) is 28.9 Å². The topological polar surface area (TPSA) is 84.2 Å². The molecule has 1 aliphatic rings. The average molecular weight is 301 g/mol. The number of carbonyl (C=O) groups excluding carboxylic acids is 1. The first-order valence-electron chi connectivity index (χ1n) is 7.46. The van der Waals surface area contributed by atoms with Crippen LogP contribution in [0, 0.1) is 5.92 Å². The van der Waals surface area contributed by atoms with Crippen molar-refractivity contribution in [3.63, 3.8) is 0 Å².